The molecule has 3 aliphatic carbocycles. The lowest BCUT2D eigenvalue weighted by molar-refractivity contribution is 0.0407. The lowest BCUT2D eigenvalue weighted by atomic mass is 9.59. The summed E-state index contributed by atoms with van der Waals surface area (Å²) in [5.74, 6) is 2.76. The highest BCUT2D eigenvalue weighted by Gasteiger charge is 2.57. The molecule has 3 saturated carbocycles. The number of fused-ring (bicyclic) bond motifs is 3. The molecule has 0 aromatic heterocycles. The molecule has 18 heavy (non-hydrogen) atoms. The Morgan fingerprint density at radius 3 is 2.61 bits per heavy atom. The fourth-order valence-corrected chi connectivity index (χ4v) is 5.41. The maximum Gasteiger partial charge on any atom is 0.0127 e. The van der Waals surface area contributed by atoms with Crippen molar-refractivity contribution in [2.24, 2.45) is 28.9 Å². The van der Waals surface area contributed by atoms with Gasteiger partial charge in [-0.3, -0.25) is 0 Å². The van der Waals surface area contributed by atoms with Gasteiger partial charge in [-0.2, -0.15) is 0 Å². The fraction of sp³-hybridized carbons (Fsp3) is 1.00. The lowest BCUT2D eigenvalue weighted by Gasteiger charge is -2.48. The summed E-state index contributed by atoms with van der Waals surface area (Å²) in [6, 6.07) is 0.534. The Morgan fingerprint density at radius 1 is 1.22 bits per heavy atom. The van der Waals surface area contributed by atoms with Crippen LogP contribution in [-0.4, -0.2) is 31.6 Å². The van der Waals surface area contributed by atoms with Crippen LogP contribution in [0, 0.1) is 23.2 Å². The van der Waals surface area contributed by atoms with Crippen LogP contribution in [-0.2, 0) is 0 Å². The van der Waals surface area contributed by atoms with Crippen molar-refractivity contribution in [1.29, 1.82) is 0 Å². The Hall–Kier alpha value is 0.210. The first kappa shape index (κ1) is 14.6. The quantitative estimate of drug-likeness (QED) is 0.838. The van der Waals surface area contributed by atoms with Crippen molar-refractivity contribution in [1.82, 2.24) is 4.90 Å². The molecule has 3 aliphatic rings. The Labute approximate surface area is 118 Å². The molecule has 2 bridgehead atoms. The summed E-state index contributed by atoms with van der Waals surface area (Å²) >= 11 is 0. The number of hydrogen-bond acceptors (Lipinski definition) is 2. The van der Waals surface area contributed by atoms with Crippen molar-refractivity contribution in [2.75, 3.05) is 20.6 Å². The molecule has 3 fully saturated rings. The van der Waals surface area contributed by atoms with Crippen molar-refractivity contribution in [3.05, 3.63) is 0 Å². The fourth-order valence-electron chi connectivity index (χ4n) is 5.41. The Balaban J connectivity index is 0.00000120. The van der Waals surface area contributed by atoms with Crippen LogP contribution in [0.25, 0.3) is 0 Å². The second-order valence-corrected chi connectivity index (χ2v) is 7.25. The van der Waals surface area contributed by atoms with E-state index < -0.39 is 0 Å². The molecule has 2 nitrogen and oxygen atoms in total. The van der Waals surface area contributed by atoms with Gasteiger partial charge in [0.05, 0.1) is 0 Å². The Kier molecular flexibility index (Phi) is 4.30. The minimum absolute atomic E-state index is 0. The van der Waals surface area contributed by atoms with E-state index >= 15 is 0 Å². The summed E-state index contributed by atoms with van der Waals surface area (Å²) in [5, 5.41) is 0. The molecular weight excluding hydrogens is 244 g/mol. The van der Waals surface area contributed by atoms with Crippen LogP contribution in [0.2, 0.25) is 0 Å². The van der Waals surface area contributed by atoms with Gasteiger partial charge in [-0.1, -0.05) is 6.42 Å². The zero-order valence-electron chi connectivity index (χ0n) is 11.9. The van der Waals surface area contributed by atoms with Gasteiger partial charge < -0.3 is 10.6 Å². The topological polar surface area (TPSA) is 29.3 Å². The third kappa shape index (κ3) is 2.21. The molecule has 0 aromatic rings. The van der Waals surface area contributed by atoms with Crippen LogP contribution < -0.4 is 5.73 Å². The molecule has 106 valence electrons. The summed E-state index contributed by atoms with van der Waals surface area (Å²) < 4.78 is 0. The molecule has 0 amide bonds. The van der Waals surface area contributed by atoms with E-state index in [2.05, 4.69) is 19.0 Å². The van der Waals surface area contributed by atoms with E-state index in [1.54, 1.807) is 0 Å². The van der Waals surface area contributed by atoms with Gasteiger partial charge in [-0.05, 0) is 75.8 Å². The third-order valence-electron chi connectivity index (χ3n) is 6.00. The van der Waals surface area contributed by atoms with Gasteiger partial charge in [-0.15, -0.1) is 12.4 Å². The first-order valence-electron chi connectivity index (χ1n) is 7.52. The number of hydrogen-bond donors (Lipinski definition) is 1. The third-order valence-corrected chi connectivity index (χ3v) is 6.00. The Bertz CT molecular complexity index is 290. The molecule has 3 heteroatoms. The molecule has 1 spiro atoms. The number of nitrogens with two attached hydrogens (primary N) is 1. The van der Waals surface area contributed by atoms with E-state index in [4.69, 9.17) is 5.73 Å². The molecular formula is C15H29ClN2. The molecule has 0 radical (unpaired) electrons. The van der Waals surface area contributed by atoms with Gasteiger partial charge in [0.15, 0.2) is 0 Å². The maximum atomic E-state index is 6.61. The minimum Gasteiger partial charge on any atom is -0.327 e. The average Bonchev–Trinajstić information content (AvgIpc) is 2.83. The van der Waals surface area contributed by atoms with Gasteiger partial charge in [0, 0.05) is 12.6 Å². The van der Waals surface area contributed by atoms with Gasteiger partial charge in [0.2, 0.25) is 0 Å². The smallest absolute Gasteiger partial charge is 0.0127 e. The van der Waals surface area contributed by atoms with E-state index in [0.717, 1.165) is 17.8 Å². The predicted octanol–water partition coefficient (Wildman–Crippen LogP) is 2.90. The standard InChI is InChI=1S/C15H28N2.ClH/c1-17(2)10-11-4-3-7-15(9-11)13-6-5-12(8-13)14(15)16;/h11-14H,3-10,16H2,1-2H3;1H. The molecule has 5 atom stereocenters. The van der Waals surface area contributed by atoms with Gasteiger partial charge in [0.1, 0.15) is 0 Å². The molecule has 5 unspecified atom stereocenters. The van der Waals surface area contributed by atoms with E-state index in [-0.39, 0.29) is 12.4 Å². The molecule has 0 aliphatic heterocycles. The SMILES string of the molecule is CN(C)CC1CCCC2(C1)C1CCC(C1)C2N.Cl. The monoisotopic (exact) mass is 272 g/mol. The van der Waals surface area contributed by atoms with Crippen molar-refractivity contribution >= 4 is 12.4 Å². The summed E-state index contributed by atoms with van der Waals surface area (Å²) in [4.78, 5) is 2.36. The van der Waals surface area contributed by atoms with Gasteiger partial charge in [0.25, 0.3) is 0 Å². The van der Waals surface area contributed by atoms with Crippen LogP contribution in [0.1, 0.15) is 44.9 Å². The second-order valence-electron chi connectivity index (χ2n) is 7.25. The van der Waals surface area contributed by atoms with E-state index in [1.807, 2.05) is 0 Å². The van der Waals surface area contributed by atoms with Crippen LogP contribution >= 0.6 is 12.4 Å². The van der Waals surface area contributed by atoms with Crippen molar-refractivity contribution < 1.29 is 0 Å². The van der Waals surface area contributed by atoms with Crippen LogP contribution in [0.15, 0.2) is 0 Å². The zero-order valence-corrected chi connectivity index (χ0v) is 12.7. The lowest BCUT2D eigenvalue weighted by Crippen LogP contribution is -2.49. The highest BCUT2D eigenvalue weighted by molar-refractivity contribution is 5.85. The van der Waals surface area contributed by atoms with E-state index in [1.165, 1.54) is 51.5 Å². The van der Waals surface area contributed by atoms with Crippen molar-refractivity contribution in [3.8, 4) is 0 Å². The van der Waals surface area contributed by atoms with E-state index in [0.29, 0.717) is 11.5 Å². The largest absolute Gasteiger partial charge is 0.327 e. The predicted molar refractivity (Wildman–Crippen MR) is 79.0 cm³/mol. The molecule has 3 rings (SSSR count). The number of halogens is 1. The average molecular weight is 273 g/mol. The number of rotatable bonds is 2. The summed E-state index contributed by atoms with van der Waals surface area (Å²) in [5.41, 5.74) is 7.17. The highest BCUT2D eigenvalue weighted by Crippen LogP contribution is 2.61. The van der Waals surface area contributed by atoms with Crippen LogP contribution in [0.5, 0.6) is 0 Å². The zero-order chi connectivity index (χ0) is 12.0. The normalized spacial score (nSPS) is 46.7. The highest BCUT2D eigenvalue weighted by atomic mass is 35.5. The summed E-state index contributed by atoms with van der Waals surface area (Å²) in [6.45, 7) is 1.27. The summed E-state index contributed by atoms with van der Waals surface area (Å²) in [6.07, 6.45) is 10.1. The van der Waals surface area contributed by atoms with Gasteiger partial charge >= 0.3 is 0 Å². The van der Waals surface area contributed by atoms with Crippen LogP contribution in [0.3, 0.4) is 0 Å². The van der Waals surface area contributed by atoms with Crippen molar-refractivity contribution in [2.45, 2.75) is 51.0 Å². The molecule has 0 aromatic carbocycles. The minimum atomic E-state index is 0. The summed E-state index contributed by atoms with van der Waals surface area (Å²) in [7, 11) is 4.42. The molecule has 0 heterocycles. The Morgan fingerprint density at radius 2 is 2.00 bits per heavy atom. The van der Waals surface area contributed by atoms with Gasteiger partial charge in [-0.25, -0.2) is 0 Å². The van der Waals surface area contributed by atoms with E-state index in [9.17, 15) is 0 Å². The molecule has 2 N–H and O–H groups in total. The maximum absolute atomic E-state index is 6.61. The second kappa shape index (κ2) is 5.30. The first-order valence-corrected chi connectivity index (χ1v) is 7.52. The van der Waals surface area contributed by atoms with Crippen molar-refractivity contribution in [3.63, 3.8) is 0 Å². The molecule has 0 saturated heterocycles. The first-order chi connectivity index (χ1) is 8.12. The number of nitrogens with zero attached hydrogens (tertiary/aromatic N) is 1. The van der Waals surface area contributed by atoms with Crippen LogP contribution in [0.4, 0.5) is 0 Å².